The second kappa shape index (κ2) is 17.8. The van der Waals surface area contributed by atoms with E-state index in [2.05, 4.69) is 31.4 Å². The molecule has 13 heteroatoms. The van der Waals surface area contributed by atoms with Gasteiger partial charge in [-0.15, -0.1) is 0 Å². The Balaban J connectivity index is 1.31. The largest absolute Gasteiger partial charge is 0.496 e. The highest BCUT2D eigenvalue weighted by molar-refractivity contribution is 5.97. The highest BCUT2D eigenvalue weighted by atomic mass is 19.1. The van der Waals surface area contributed by atoms with Crippen LogP contribution in [0, 0.1) is 34.9 Å². The minimum absolute atomic E-state index is 0.0541. The van der Waals surface area contributed by atoms with E-state index in [0.717, 1.165) is 31.3 Å². The number of hydroxylamine groups is 2. The second-order valence-corrected chi connectivity index (χ2v) is 18.0. The smallest absolute Gasteiger partial charge is 0.251 e. The van der Waals surface area contributed by atoms with Crippen LogP contribution in [0.15, 0.2) is 54.1 Å². The number of nitrogens with one attached hydrogen (secondary N) is 2. The average Bonchev–Trinajstić information content (AvgIpc) is 3.57. The van der Waals surface area contributed by atoms with Crippen molar-refractivity contribution in [2.24, 2.45) is 29.1 Å². The van der Waals surface area contributed by atoms with Crippen molar-refractivity contribution in [3.8, 4) is 16.9 Å². The fourth-order valence-corrected chi connectivity index (χ4v) is 9.96. The number of methoxy groups -OCH3 is 1. The number of carbonyl (C=O) groups excluding carboxylic acids is 2. The Kier molecular flexibility index (Phi) is 13.4. The van der Waals surface area contributed by atoms with Crippen LogP contribution in [0.2, 0.25) is 0 Å². The number of ether oxygens (including phenoxy) is 1. The van der Waals surface area contributed by atoms with E-state index in [9.17, 15) is 24.9 Å². The number of anilines is 1. The standard InChI is InChI=1S/C45H64FN5O7/c1-25-34-20-30(45(34,3)4)21-36(25)47-44(56)40-39(26(2)53)38(24-52)58-51(40)22-33-35(46)16-15-32(42(33)57-9)28-17-29(19-31(18-28)50(7)8)43(55)48-37(23-49(5)6)41(54)27-13-11-10-12-14-27/h11,13-19,25-26,30,34,36-41,52-54H,10,12,20-24H2,1-9H3,(H,47,56)(H,48,55)/t25-,26-,30+,34-,36-,37+,38-,39+,40-,41+/m0/s1. The predicted octanol–water partition coefficient (Wildman–Crippen LogP) is 4.53. The van der Waals surface area contributed by atoms with Crippen LogP contribution in [0.25, 0.3) is 11.1 Å². The molecular formula is C45H64FN5O7. The summed E-state index contributed by atoms with van der Waals surface area (Å²) >= 11 is 0. The highest BCUT2D eigenvalue weighted by Gasteiger charge is 2.57. The number of nitrogens with zero attached hydrogens (tertiary/aromatic N) is 3. The lowest BCUT2D eigenvalue weighted by molar-refractivity contribution is -0.183. The van der Waals surface area contributed by atoms with Crippen LogP contribution in [0.3, 0.4) is 0 Å². The molecule has 7 rings (SSSR count). The summed E-state index contributed by atoms with van der Waals surface area (Å²) in [4.78, 5) is 38.3. The van der Waals surface area contributed by atoms with E-state index in [1.54, 1.807) is 25.1 Å². The molecule has 0 unspecified atom stereocenters. The van der Waals surface area contributed by atoms with Crippen molar-refractivity contribution in [2.45, 2.75) is 96.4 Å². The molecule has 1 aliphatic heterocycles. The maximum Gasteiger partial charge on any atom is 0.251 e. The molecule has 10 atom stereocenters. The number of rotatable bonds is 15. The third-order valence-electron chi connectivity index (χ3n) is 13.4. The molecule has 0 spiro atoms. The molecule has 5 N–H and O–H groups in total. The fraction of sp³-hybridized carbons (Fsp3) is 0.600. The first-order valence-corrected chi connectivity index (χ1v) is 20.7. The zero-order valence-electron chi connectivity index (χ0n) is 35.5. The first kappa shape index (κ1) is 43.7. The number of aliphatic hydroxyl groups is 3. The molecule has 318 valence electrons. The monoisotopic (exact) mass is 805 g/mol. The number of aliphatic hydroxyl groups excluding tert-OH is 3. The molecular weight excluding hydrogens is 742 g/mol. The molecule has 1 heterocycles. The van der Waals surface area contributed by atoms with Gasteiger partial charge in [-0.25, -0.2) is 4.39 Å². The van der Waals surface area contributed by atoms with Gasteiger partial charge in [-0.3, -0.25) is 14.4 Å². The lowest BCUT2D eigenvalue weighted by Gasteiger charge is -2.62. The number of halogens is 1. The van der Waals surface area contributed by atoms with E-state index in [-0.39, 0.29) is 47.0 Å². The summed E-state index contributed by atoms with van der Waals surface area (Å²) in [6.45, 7) is 8.08. The molecule has 2 aromatic rings. The Bertz CT molecular complexity index is 1880. The van der Waals surface area contributed by atoms with Gasteiger partial charge in [0.1, 0.15) is 29.8 Å². The zero-order chi connectivity index (χ0) is 42.2. The number of benzene rings is 2. The number of likely N-dealkylation sites (N-methyl/N-ethyl adjacent to an activating group) is 1. The van der Waals surface area contributed by atoms with Crippen LogP contribution in [0.4, 0.5) is 10.1 Å². The summed E-state index contributed by atoms with van der Waals surface area (Å²) < 4.78 is 22.1. The number of fused-ring (bicyclic) bond motifs is 2. The van der Waals surface area contributed by atoms with Crippen molar-refractivity contribution < 1.29 is 38.9 Å². The quantitative estimate of drug-likeness (QED) is 0.174. The summed E-state index contributed by atoms with van der Waals surface area (Å²) in [7, 11) is 8.93. The molecule has 1 saturated heterocycles. The van der Waals surface area contributed by atoms with Crippen molar-refractivity contribution in [3.05, 3.63) is 71.1 Å². The van der Waals surface area contributed by atoms with Crippen molar-refractivity contribution >= 4 is 17.5 Å². The maximum atomic E-state index is 16.1. The minimum atomic E-state index is -1.03. The molecule has 4 aliphatic carbocycles. The van der Waals surface area contributed by atoms with Crippen LogP contribution in [0.1, 0.15) is 69.3 Å². The molecule has 4 fully saturated rings. The predicted molar refractivity (Wildman–Crippen MR) is 223 cm³/mol. The van der Waals surface area contributed by atoms with Crippen molar-refractivity contribution in [2.75, 3.05) is 53.4 Å². The summed E-state index contributed by atoms with van der Waals surface area (Å²) in [5.41, 5.74) is 3.23. The van der Waals surface area contributed by atoms with Gasteiger partial charge in [0.15, 0.2) is 0 Å². The zero-order valence-corrected chi connectivity index (χ0v) is 35.5. The van der Waals surface area contributed by atoms with Crippen LogP contribution >= 0.6 is 0 Å². The number of hydrogen-bond acceptors (Lipinski definition) is 10. The Morgan fingerprint density at radius 2 is 1.84 bits per heavy atom. The van der Waals surface area contributed by atoms with Gasteiger partial charge < -0.3 is 40.5 Å². The lowest BCUT2D eigenvalue weighted by Crippen LogP contribution is -2.62. The molecule has 0 aromatic heterocycles. The third-order valence-corrected chi connectivity index (χ3v) is 13.4. The summed E-state index contributed by atoms with van der Waals surface area (Å²) in [5.74, 6) is -0.661. The normalized spacial score (nSPS) is 28.0. The van der Waals surface area contributed by atoms with Crippen molar-refractivity contribution in [3.63, 3.8) is 0 Å². The van der Waals surface area contributed by atoms with E-state index in [0.29, 0.717) is 40.8 Å². The fourth-order valence-electron chi connectivity index (χ4n) is 9.96. The van der Waals surface area contributed by atoms with Crippen LogP contribution in [0.5, 0.6) is 5.75 Å². The van der Waals surface area contributed by atoms with Crippen molar-refractivity contribution in [1.29, 1.82) is 0 Å². The maximum absolute atomic E-state index is 16.1. The number of carbonyl (C=O) groups is 2. The lowest BCUT2D eigenvalue weighted by atomic mass is 9.45. The van der Waals surface area contributed by atoms with E-state index < -0.39 is 48.7 Å². The van der Waals surface area contributed by atoms with Gasteiger partial charge in [0, 0.05) is 55.0 Å². The topological polar surface area (TPSA) is 147 Å². The molecule has 2 aromatic carbocycles. The molecule has 58 heavy (non-hydrogen) atoms. The summed E-state index contributed by atoms with van der Waals surface area (Å²) in [6.07, 6.45) is 6.82. The highest BCUT2D eigenvalue weighted by Crippen LogP contribution is 2.61. The SMILES string of the molecule is COc1c(-c2cc(C(=O)N[C@H](CN(C)C)[C@H](O)C3=CCCC=C3)cc(N(C)C)c2)ccc(F)c1CN1O[C@@H](CO)[C@@H]([C@H](C)O)[C@H]1C(=O)N[C@H]1C[C@H]2C[C@@H]([C@@H]1C)C2(C)C. The van der Waals surface area contributed by atoms with Gasteiger partial charge >= 0.3 is 0 Å². The third kappa shape index (κ3) is 8.71. The van der Waals surface area contributed by atoms with E-state index >= 15 is 4.39 Å². The van der Waals surface area contributed by atoms with Crippen LogP contribution in [-0.4, -0.2) is 122 Å². The summed E-state index contributed by atoms with van der Waals surface area (Å²) in [5, 5.41) is 40.4. The van der Waals surface area contributed by atoms with Gasteiger partial charge in [0.25, 0.3) is 5.91 Å². The Morgan fingerprint density at radius 3 is 2.43 bits per heavy atom. The van der Waals surface area contributed by atoms with Gasteiger partial charge in [0.05, 0.1) is 32.4 Å². The minimum Gasteiger partial charge on any atom is -0.496 e. The summed E-state index contributed by atoms with van der Waals surface area (Å²) in [6, 6.07) is 6.59. The average molecular weight is 806 g/mol. The molecule has 2 bridgehead atoms. The number of hydrogen-bond donors (Lipinski definition) is 5. The number of allylic oxidation sites excluding steroid dienone is 2. The second-order valence-electron chi connectivity index (χ2n) is 18.0. The van der Waals surface area contributed by atoms with E-state index in [1.165, 1.54) is 18.2 Å². The molecule has 3 saturated carbocycles. The molecule has 2 amide bonds. The van der Waals surface area contributed by atoms with Crippen LogP contribution < -0.4 is 20.3 Å². The van der Waals surface area contributed by atoms with Gasteiger partial charge in [0.2, 0.25) is 5.91 Å². The Morgan fingerprint density at radius 1 is 1.10 bits per heavy atom. The molecule has 0 radical (unpaired) electrons. The first-order valence-electron chi connectivity index (χ1n) is 20.7. The van der Waals surface area contributed by atoms with Gasteiger partial charge in [-0.2, -0.15) is 5.06 Å². The Labute approximate surface area is 343 Å². The molecule has 12 nitrogen and oxygen atoms in total. The van der Waals surface area contributed by atoms with Crippen molar-refractivity contribution in [1.82, 2.24) is 20.6 Å². The van der Waals surface area contributed by atoms with E-state index in [4.69, 9.17) is 9.57 Å². The van der Waals surface area contributed by atoms with E-state index in [1.807, 2.05) is 62.3 Å². The van der Waals surface area contributed by atoms with Gasteiger partial charge in [-0.1, -0.05) is 39.0 Å². The molecule has 5 aliphatic rings. The first-order chi connectivity index (χ1) is 27.5. The van der Waals surface area contributed by atoms with Gasteiger partial charge in [-0.05, 0) is 111 Å². The van der Waals surface area contributed by atoms with Crippen LogP contribution in [-0.2, 0) is 16.2 Å². The number of amides is 2. The Hall–Kier alpha value is -3.85.